The molecule has 4 nitrogen and oxygen atoms in total. The lowest BCUT2D eigenvalue weighted by Gasteiger charge is -2.19. The number of rotatable bonds is 7. The summed E-state index contributed by atoms with van der Waals surface area (Å²) >= 11 is 0. The summed E-state index contributed by atoms with van der Waals surface area (Å²) in [7, 11) is 4.01. The highest BCUT2D eigenvalue weighted by Crippen LogP contribution is 2.15. The Morgan fingerprint density at radius 3 is 2.47 bits per heavy atom. The van der Waals surface area contributed by atoms with Crippen LogP contribution in [0.15, 0.2) is 24.3 Å². The van der Waals surface area contributed by atoms with Crippen molar-refractivity contribution in [2.24, 2.45) is 0 Å². The summed E-state index contributed by atoms with van der Waals surface area (Å²) in [5, 5.41) is 3.26. The van der Waals surface area contributed by atoms with Gasteiger partial charge in [-0.3, -0.25) is 5.32 Å². The maximum atomic E-state index is 12.0. The number of hydrogen-bond acceptors (Lipinski definition) is 4. The molecule has 4 heteroatoms. The molecule has 0 saturated carbocycles. The molecule has 1 atom stereocenters. The minimum absolute atomic E-state index is 0.217. The molecule has 0 heterocycles. The fourth-order valence-corrected chi connectivity index (χ4v) is 1.75. The van der Waals surface area contributed by atoms with Gasteiger partial charge in [0, 0.05) is 13.1 Å². The van der Waals surface area contributed by atoms with E-state index >= 15 is 0 Å². The molecular formula is C15H24N2O2. The van der Waals surface area contributed by atoms with Crippen molar-refractivity contribution < 1.29 is 9.53 Å². The quantitative estimate of drug-likeness (QED) is 0.762. The highest BCUT2D eigenvalue weighted by molar-refractivity contribution is 5.77. The average molecular weight is 264 g/mol. The predicted molar refractivity (Wildman–Crippen MR) is 77.1 cm³/mol. The fourth-order valence-electron chi connectivity index (χ4n) is 1.75. The topological polar surface area (TPSA) is 41.6 Å². The number of nitrogens with one attached hydrogen (secondary N) is 1. The van der Waals surface area contributed by atoms with E-state index < -0.39 is 0 Å². The van der Waals surface area contributed by atoms with Crippen LogP contribution in [-0.4, -0.2) is 44.7 Å². The molecule has 0 spiro atoms. The molecule has 0 aromatic heterocycles. The van der Waals surface area contributed by atoms with E-state index in [0.717, 1.165) is 18.7 Å². The molecule has 1 aromatic rings. The van der Waals surface area contributed by atoms with Gasteiger partial charge in [0.25, 0.3) is 0 Å². The molecular weight excluding hydrogens is 240 g/mol. The number of esters is 1. The molecule has 0 radical (unpaired) electrons. The van der Waals surface area contributed by atoms with Crippen LogP contribution in [0.25, 0.3) is 0 Å². The van der Waals surface area contributed by atoms with Gasteiger partial charge in [0.05, 0.1) is 6.61 Å². The highest BCUT2D eigenvalue weighted by Gasteiger charge is 2.20. The summed E-state index contributed by atoms with van der Waals surface area (Å²) in [6.45, 7) is 5.87. The van der Waals surface area contributed by atoms with Gasteiger partial charge in [-0.2, -0.15) is 0 Å². The van der Waals surface area contributed by atoms with Crippen molar-refractivity contribution in [3.05, 3.63) is 35.4 Å². The SMILES string of the molecule is CCOC(=O)C(NCCN(C)C)c1ccc(C)cc1. The molecule has 106 valence electrons. The van der Waals surface area contributed by atoms with Gasteiger partial charge in [0.2, 0.25) is 0 Å². The van der Waals surface area contributed by atoms with E-state index in [0.29, 0.717) is 6.61 Å². The van der Waals surface area contributed by atoms with Crippen LogP contribution in [0, 0.1) is 6.92 Å². The normalized spacial score (nSPS) is 12.5. The molecule has 1 rings (SSSR count). The number of carbonyl (C=O) groups is 1. The lowest BCUT2D eigenvalue weighted by Crippen LogP contribution is -2.35. The molecule has 0 saturated heterocycles. The molecule has 0 aliphatic carbocycles. The molecule has 0 aliphatic heterocycles. The maximum absolute atomic E-state index is 12.0. The summed E-state index contributed by atoms with van der Waals surface area (Å²) in [4.78, 5) is 14.1. The van der Waals surface area contributed by atoms with Crippen molar-refractivity contribution in [1.82, 2.24) is 10.2 Å². The summed E-state index contributed by atoms with van der Waals surface area (Å²) < 4.78 is 5.13. The van der Waals surface area contributed by atoms with Crippen LogP contribution in [0.3, 0.4) is 0 Å². The van der Waals surface area contributed by atoms with E-state index in [1.165, 1.54) is 5.56 Å². The first-order chi connectivity index (χ1) is 9.04. The molecule has 0 fully saturated rings. The summed E-state index contributed by atoms with van der Waals surface area (Å²) in [5.41, 5.74) is 2.13. The smallest absolute Gasteiger partial charge is 0.327 e. The van der Waals surface area contributed by atoms with Crippen LogP contribution in [0.4, 0.5) is 0 Å². The van der Waals surface area contributed by atoms with Crippen LogP contribution < -0.4 is 5.32 Å². The Balaban J connectivity index is 2.73. The number of carbonyl (C=O) groups excluding carboxylic acids is 1. The van der Waals surface area contributed by atoms with Crippen molar-refractivity contribution in [3.63, 3.8) is 0 Å². The summed E-state index contributed by atoms with van der Waals surface area (Å²) in [6.07, 6.45) is 0. The van der Waals surface area contributed by atoms with E-state index in [1.54, 1.807) is 0 Å². The zero-order valence-electron chi connectivity index (χ0n) is 12.3. The van der Waals surface area contributed by atoms with Crippen LogP contribution in [0.5, 0.6) is 0 Å². The lowest BCUT2D eigenvalue weighted by molar-refractivity contribution is -0.145. The van der Waals surface area contributed by atoms with Crippen LogP contribution >= 0.6 is 0 Å². The fraction of sp³-hybridized carbons (Fsp3) is 0.533. The van der Waals surface area contributed by atoms with Gasteiger partial charge in [-0.05, 0) is 33.5 Å². The molecule has 0 aliphatic rings. The largest absolute Gasteiger partial charge is 0.465 e. The van der Waals surface area contributed by atoms with Gasteiger partial charge in [0.15, 0.2) is 0 Å². The van der Waals surface area contributed by atoms with Crippen molar-refractivity contribution in [2.75, 3.05) is 33.8 Å². The molecule has 1 unspecified atom stereocenters. The summed E-state index contributed by atoms with van der Waals surface area (Å²) in [6, 6.07) is 7.57. The van der Waals surface area contributed by atoms with Gasteiger partial charge in [-0.25, -0.2) is 4.79 Å². The third kappa shape index (κ3) is 5.41. The van der Waals surface area contributed by atoms with Gasteiger partial charge < -0.3 is 9.64 Å². The summed E-state index contributed by atoms with van der Waals surface area (Å²) in [5.74, 6) is -0.217. The zero-order valence-corrected chi connectivity index (χ0v) is 12.3. The standard InChI is InChI=1S/C15H24N2O2/c1-5-19-15(18)14(16-10-11-17(3)4)13-8-6-12(2)7-9-13/h6-9,14,16H,5,10-11H2,1-4H3. The number of nitrogens with zero attached hydrogens (tertiary/aromatic N) is 1. The number of benzene rings is 1. The van der Waals surface area contributed by atoms with Gasteiger partial charge >= 0.3 is 5.97 Å². The van der Waals surface area contributed by atoms with Crippen molar-refractivity contribution in [2.45, 2.75) is 19.9 Å². The molecule has 0 bridgehead atoms. The monoisotopic (exact) mass is 264 g/mol. The second kappa shape index (κ2) is 7.92. The minimum Gasteiger partial charge on any atom is -0.465 e. The van der Waals surface area contributed by atoms with E-state index in [-0.39, 0.29) is 12.0 Å². The van der Waals surface area contributed by atoms with Gasteiger partial charge in [0.1, 0.15) is 6.04 Å². The Morgan fingerprint density at radius 1 is 1.32 bits per heavy atom. The third-order valence-corrected chi connectivity index (χ3v) is 2.84. The lowest BCUT2D eigenvalue weighted by atomic mass is 10.1. The Labute approximate surface area is 115 Å². The van der Waals surface area contributed by atoms with Crippen LogP contribution in [0.2, 0.25) is 0 Å². The molecule has 1 N–H and O–H groups in total. The number of likely N-dealkylation sites (N-methyl/N-ethyl adjacent to an activating group) is 1. The third-order valence-electron chi connectivity index (χ3n) is 2.84. The van der Waals surface area contributed by atoms with E-state index in [1.807, 2.05) is 52.2 Å². The van der Waals surface area contributed by atoms with E-state index in [2.05, 4.69) is 10.2 Å². The second-order valence-electron chi connectivity index (χ2n) is 4.85. The predicted octanol–water partition coefficient (Wildman–Crippen LogP) is 1.75. The second-order valence-corrected chi connectivity index (χ2v) is 4.85. The van der Waals surface area contributed by atoms with Gasteiger partial charge in [-0.15, -0.1) is 0 Å². The number of ether oxygens (including phenoxy) is 1. The zero-order chi connectivity index (χ0) is 14.3. The molecule has 1 aromatic carbocycles. The first kappa shape index (κ1) is 15.7. The van der Waals surface area contributed by atoms with Gasteiger partial charge in [-0.1, -0.05) is 29.8 Å². The average Bonchev–Trinajstić information content (AvgIpc) is 2.36. The Kier molecular flexibility index (Phi) is 6.53. The van der Waals surface area contributed by atoms with E-state index in [9.17, 15) is 4.79 Å². The Morgan fingerprint density at radius 2 is 1.95 bits per heavy atom. The minimum atomic E-state index is -0.388. The first-order valence-electron chi connectivity index (χ1n) is 6.66. The van der Waals surface area contributed by atoms with Crippen molar-refractivity contribution >= 4 is 5.97 Å². The highest BCUT2D eigenvalue weighted by atomic mass is 16.5. The molecule has 19 heavy (non-hydrogen) atoms. The first-order valence-corrected chi connectivity index (χ1v) is 6.66. The van der Waals surface area contributed by atoms with Crippen LogP contribution in [0.1, 0.15) is 24.1 Å². The Hall–Kier alpha value is -1.39. The van der Waals surface area contributed by atoms with E-state index in [4.69, 9.17) is 4.74 Å². The number of hydrogen-bond donors (Lipinski definition) is 1. The Bertz CT molecular complexity index is 388. The maximum Gasteiger partial charge on any atom is 0.327 e. The number of aryl methyl sites for hydroxylation is 1. The molecule has 0 amide bonds. The van der Waals surface area contributed by atoms with Crippen molar-refractivity contribution in [3.8, 4) is 0 Å². The van der Waals surface area contributed by atoms with Crippen molar-refractivity contribution in [1.29, 1.82) is 0 Å². The van der Waals surface area contributed by atoms with Crippen LogP contribution in [-0.2, 0) is 9.53 Å².